The molecule has 1 heterocycles. The zero-order valence-corrected chi connectivity index (χ0v) is 12.4. The molecule has 20 heavy (non-hydrogen) atoms. The molecule has 108 valence electrons. The number of nitrogens with zero attached hydrogens (tertiary/aromatic N) is 2. The zero-order chi connectivity index (χ0) is 14.5. The van der Waals surface area contributed by atoms with Crippen LogP contribution in [0.5, 0.6) is 0 Å². The molecule has 1 atom stereocenters. The van der Waals surface area contributed by atoms with Gasteiger partial charge in [-0.3, -0.25) is 0 Å². The summed E-state index contributed by atoms with van der Waals surface area (Å²) in [5, 5.41) is 13.7. The standard InChI is InChI=1S/C16H22N2O2/c1-4-5-14(19)10-16-17-15(18-20-16)9-13-7-6-11(2)12(3)8-13/h6-8,14,19H,4-5,9-10H2,1-3H3. The van der Waals surface area contributed by atoms with E-state index in [1.165, 1.54) is 16.7 Å². The second-order valence-corrected chi connectivity index (χ2v) is 5.35. The summed E-state index contributed by atoms with van der Waals surface area (Å²) in [6.07, 6.45) is 2.41. The van der Waals surface area contributed by atoms with Crippen LogP contribution in [0.2, 0.25) is 0 Å². The number of aryl methyl sites for hydroxylation is 2. The lowest BCUT2D eigenvalue weighted by molar-refractivity contribution is 0.151. The van der Waals surface area contributed by atoms with Gasteiger partial charge >= 0.3 is 0 Å². The van der Waals surface area contributed by atoms with Crippen LogP contribution in [-0.2, 0) is 12.8 Å². The van der Waals surface area contributed by atoms with Crippen molar-refractivity contribution in [3.63, 3.8) is 0 Å². The molecule has 2 rings (SSSR count). The molecule has 0 aliphatic heterocycles. The molecule has 1 N–H and O–H groups in total. The van der Waals surface area contributed by atoms with Gasteiger partial charge in [-0.25, -0.2) is 0 Å². The van der Waals surface area contributed by atoms with Gasteiger partial charge < -0.3 is 9.63 Å². The predicted molar refractivity (Wildman–Crippen MR) is 77.6 cm³/mol. The number of benzene rings is 1. The van der Waals surface area contributed by atoms with Crippen LogP contribution in [0.3, 0.4) is 0 Å². The van der Waals surface area contributed by atoms with Gasteiger partial charge in [-0.15, -0.1) is 0 Å². The fraction of sp³-hybridized carbons (Fsp3) is 0.500. The Labute approximate surface area is 119 Å². The van der Waals surface area contributed by atoms with Crippen molar-refractivity contribution in [2.75, 3.05) is 0 Å². The van der Waals surface area contributed by atoms with E-state index in [2.05, 4.69) is 42.2 Å². The highest BCUT2D eigenvalue weighted by molar-refractivity contribution is 5.31. The minimum absolute atomic E-state index is 0.394. The number of aromatic nitrogens is 2. The Morgan fingerprint density at radius 3 is 2.75 bits per heavy atom. The first kappa shape index (κ1) is 14.7. The van der Waals surface area contributed by atoms with Crippen LogP contribution in [0, 0.1) is 13.8 Å². The van der Waals surface area contributed by atoms with Crippen molar-refractivity contribution in [2.45, 2.75) is 52.6 Å². The van der Waals surface area contributed by atoms with Crippen molar-refractivity contribution in [3.05, 3.63) is 46.6 Å². The van der Waals surface area contributed by atoms with Gasteiger partial charge in [0.05, 0.1) is 12.5 Å². The van der Waals surface area contributed by atoms with E-state index >= 15 is 0 Å². The van der Waals surface area contributed by atoms with E-state index in [0.717, 1.165) is 12.8 Å². The molecule has 1 aromatic heterocycles. The predicted octanol–water partition coefficient (Wildman–Crippen LogP) is 2.98. The molecule has 0 bridgehead atoms. The summed E-state index contributed by atoms with van der Waals surface area (Å²) in [4.78, 5) is 4.34. The van der Waals surface area contributed by atoms with Gasteiger partial charge in [0.15, 0.2) is 5.82 Å². The van der Waals surface area contributed by atoms with Gasteiger partial charge in [0, 0.05) is 6.42 Å². The van der Waals surface area contributed by atoms with Crippen LogP contribution < -0.4 is 0 Å². The normalized spacial score (nSPS) is 12.6. The average Bonchev–Trinajstić information content (AvgIpc) is 2.81. The van der Waals surface area contributed by atoms with Crippen LogP contribution in [-0.4, -0.2) is 21.4 Å². The van der Waals surface area contributed by atoms with Crippen molar-refractivity contribution in [2.24, 2.45) is 0 Å². The lowest BCUT2D eigenvalue weighted by Crippen LogP contribution is -2.09. The quantitative estimate of drug-likeness (QED) is 0.879. The van der Waals surface area contributed by atoms with E-state index in [1.54, 1.807) is 0 Å². The Hall–Kier alpha value is -1.68. The van der Waals surface area contributed by atoms with E-state index < -0.39 is 6.10 Å². The van der Waals surface area contributed by atoms with Gasteiger partial charge in [0.1, 0.15) is 0 Å². The molecule has 0 aliphatic carbocycles. The Bertz CT molecular complexity index is 563. The van der Waals surface area contributed by atoms with Crippen molar-refractivity contribution < 1.29 is 9.63 Å². The SMILES string of the molecule is CCCC(O)Cc1nc(Cc2ccc(C)c(C)c2)no1. The van der Waals surface area contributed by atoms with Crippen LogP contribution in [0.1, 0.15) is 48.2 Å². The molecule has 0 saturated carbocycles. The van der Waals surface area contributed by atoms with Gasteiger partial charge in [-0.05, 0) is 37.0 Å². The van der Waals surface area contributed by atoms with Crippen molar-refractivity contribution in [1.82, 2.24) is 10.1 Å². The smallest absolute Gasteiger partial charge is 0.229 e. The maximum atomic E-state index is 9.74. The van der Waals surface area contributed by atoms with E-state index in [9.17, 15) is 5.11 Å². The van der Waals surface area contributed by atoms with Gasteiger partial charge in [-0.2, -0.15) is 4.98 Å². The molecule has 0 fully saturated rings. The first-order valence-corrected chi connectivity index (χ1v) is 7.14. The third-order valence-corrected chi connectivity index (χ3v) is 3.48. The fourth-order valence-electron chi connectivity index (χ4n) is 2.18. The molecule has 0 spiro atoms. The van der Waals surface area contributed by atoms with E-state index in [-0.39, 0.29) is 0 Å². The van der Waals surface area contributed by atoms with Crippen LogP contribution in [0.15, 0.2) is 22.7 Å². The summed E-state index contributed by atoms with van der Waals surface area (Å²) < 4.78 is 5.19. The highest BCUT2D eigenvalue weighted by Gasteiger charge is 2.12. The summed E-state index contributed by atoms with van der Waals surface area (Å²) in [6.45, 7) is 6.24. The Kier molecular flexibility index (Phi) is 4.90. The third-order valence-electron chi connectivity index (χ3n) is 3.48. The third kappa shape index (κ3) is 3.90. The maximum Gasteiger partial charge on any atom is 0.229 e. The minimum atomic E-state index is -0.394. The van der Waals surface area contributed by atoms with Gasteiger partial charge in [0.2, 0.25) is 5.89 Å². The molecule has 2 aromatic rings. The van der Waals surface area contributed by atoms with E-state index in [1.807, 2.05) is 6.92 Å². The number of hydrogen-bond donors (Lipinski definition) is 1. The molecule has 1 unspecified atom stereocenters. The summed E-state index contributed by atoms with van der Waals surface area (Å²) in [5.41, 5.74) is 3.73. The summed E-state index contributed by atoms with van der Waals surface area (Å²) in [5.74, 6) is 1.19. The second-order valence-electron chi connectivity index (χ2n) is 5.35. The first-order chi connectivity index (χ1) is 9.58. The molecule has 1 aromatic carbocycles. The minimum Gasteiger partial charge on any atom is -0.393 e. The molecule has 0 amide bonds. The van der Waals surface area contributed by atoms with Crippen molar-refractivity contribution in [3.8, 4) is 0 Å². The second kappa shape index (κ2) is 6.66. The Morgan fingerprint density at radius 2 is 2.05 bits per heavy atom. The largest absolute Gasteiger partial charge is 0.393 e. The molecule has 0 radical (unpaired) electrons. The molecule has 0 saturated heterocycles. The first-order valence-electron chi connectivity index (χ1n) is 7.14. The van der Waals surface area contributed by atoms with Crippen LogP contribution in [0.25, 0.3) is 0 Å². The van der Waals surface area contributed by atoms with Crippen molar-refractivity contribution >= 4 is 0 Å². The lowest BCUT2D eigenvalue weighted by atomic mass is 10.0. The lowest BCUT2D eigenvalue weighted by Gasteiger charge is -2.04. The summed E-state index contributed by atoms with van der Waals surface area (Å²) in [6, 6.07) is 6.35. The number of aliphatic hydroxyl groups is 1. The Morgan fingerprint density at radius 1 is 1.25 bits per heavy atom. The maximum absolute atomic E-state index is 9.74. The van der Waals surface area contributed by atoms with Gasteiger partial charge in [0.25, 0.3) is 0 Å². The van der Waals surface area contributed by atoms with E-state index in [4.69, 9.17) is 4.52 Å². The molecular formula is C16H22N2O2. The number of rotatable bonds is 6. The number of hydrogen-bond acceptors (Lipinski definition) is 4. The molecule has 4 nitrogen and oxygen atoms in total. The fourth-order valence-corrected chi connectivity index (χ4v) is 2.18. The summed E-state index contributed by atoms with van der Waals surface area (Å²) >= 11 is 0. The highest BCUT2D eigenvalue weighted by atomic mass is 16.5. The average molecular weight is 274 g/mol. The molecule has 4 heteroatoms. The van der Waals surface area contributed by atoms with Crippen LogP contribution >= 0.6 is 0 Å². The van der Waals surface area contributed by atoms with Crippen LogP contribution in [0.4, 0.5) is 0 Å². The van der Waals surface area contributed by atoms with E-state index in [0.29, 0.717) is 24.6 Å². The highest BCUT2D eigenvalue weighted by Crippen LogP contribution is 2.13. The molecular weight excluding hydrogens is 252 g/mol. The van der Waals surface area contributed by atoms with Gasteiger partial charge in [-0.1, -0.05) is 36.7 Å². The monoisotopic (exact) mass is 274 g/mol. The Balaban J connectivity index is 2.00. The molecule has 0 aliphatic rings. The summed E-state index contributed by atoms with van der Waals surface area (Å²) in [7, 11) is 0. The van der Waals surface area contributed by atoms with Crippen molar-refractivity contribution in [1.29, 1.82) is 0 Å². The number of aliphatic hydroxyl groups excluding tert-OH is 1. The zero-order valence-electron chi connectivity index (χ0n) is 12.4. The topological polar surface area (TPSA) is 59.2 Å².